The van der Waals surface area contributed by atoms with Crippen LogP contribution in [0.2, 0.25) is 0 Å². The summed E-state index contributed by atoms with van der Waals surface area (Å²) >= 11 is 6.92. The highest BCUT2D eigenvalue weighted by atomic mass is 127. The minimum Gasteiger partial charge on any atom is -0.481 e. The number of carboxylic acid groups (broad SMARTS) is 1. The monoisotopic (exact) mass is 1330 g/mol. The molecule has 23 heteroatoms. The number of allylic oxidation sites excluding steroid dienone is 8. The highest BCUT2D eigenvalue weighted by molar-refractivity contribution is 14.1. The molecule has 366 valence electrons. The fraction of sp³-hybridized carbons (Fsp3) is 0.488. The van der Waals surface area contributed by atoms with Crippen molar-refractivity contribution in [1.29, 1.82) is 0 Å². The molecular weight excluding hydrogens is 1280 g/mol. The molecule has 0 saturated heterocycles. The van der Waals surface area contributed by atoms with Crippen molar-refractivity contribution in [1.82, 2.24) is 0 Å². The SMILES string of the molecule is CCCCC(N1\C(=C/C=C/C=C/C=C/C2=[N+](CCCS(=O)(=O)O)c3cc(I)c(I)c(I)c3C2(C)CCCCCC(=O)O)C(C)(CCCCS(=O)(=O)O)c2cc(S(=O)(=O)O)ccc21)S(=O)(=O)O. The summed E-state index contributed by atoms with van der Waals surface area (Å²) in [6.07, 6.45) is 16.4. The Morgan fingerprint density at radius 3 is 1.97 bits per heavy atom. The minimum absolute atomic E-state index is 0.00749. The number of hydrogen-bond donors (Lipinski definition) is 5. The Morgan fingerprint density at radius 2 is 1.36 bits per heavy atom. The maximum absolute atomic E-state index is 13.1. The molecule has 3 atom stereocenters. The van der Waals surface area contributed by atoms with Gasteiger partial charge in [-0.3, -0.25) is 23.0 Å². The lowest BCUT2D eigenvalue weighted by atomic mass is 9.75. The molecule has 0 aromatic heterocycles. The largest absolute Gasteiger partial charge is 0.481 e. The maximum Gasteiger partial charge on any atom is 0.303 e. The van der Waals surface area contributed by atoms with Gasteiger partial charge in [-0.05, 0) is 144 Å². The summed E-state index contributed by atoms with van der Waals surface area (Å²) in [7, 11) is -18.0. The zero-order valence-electron chi connectivity index (χ0n) is 36.6. The summed E-state index contributed by atoms with van der Waals surface area (Å²) in [6, 6.07) is 5.81. The van der Waals surface area contributed by atoms with Crippen LogP contribution < -0.4 is 4.90 Å². The summed E-state index contributed by atoms with van der Waals surface area (Å²) in [5, 5.41) is 7.72. The lowest BCUT2D eigenvalue weighted by Gasteiger charge is -2.34. The van der Waals surface area contributed by atoms with Gasteiger partial charge in [0.2, 0.25) is 5.69 Å². The molecule has 4 rings (SSSR count). The first kappa shape index (κ1) is 56.8. The van der Waals surface area contributed by atoms with Crippen LogP contribution in [0, 0.1) is 10.7 Å². The average Bonchev–Trinajstić information content (AvgIpc) is 3.56. The third kappa shape index (κ3) is 14.6. The number of hydrogen-bond acceptors (Lipinski definition) is 10. The van der Waals surface area contributed by atoms with E-state index in [1.54, 1.807) is 37.3 Å². The molecule has 16 nitrogen and oxygen atoms in total. The zero-order valence-corrected chi connectivity index (χ0v) is 46.3. The molecule has 0 amide bonds. The average molecular weight is 1330 g/mol. The van der Waals surface area contributed by atoms with Gasteiger partial charge in [0.1, 0.15) is 6.54 Å². The number of rotatable bonds is 25. The van der Waals surface area contributed by atoms with E-state index < -0.39 is 79.0 Å². The first-order valence-corrected chi connectivity index (χ1v) is 30.5. The van der Waals surface area contributed by atoms with Gasteiger partial charge in [0.15, 0.2) is 11.1 Å². The fourth-order valence-electron chi connectivity index (χ4n) is 8.72. The van der Waals surface area contributed by atoms with E-state index >= 15 is 0 Å². The second-order valence-corrected chi connectivity index (χ2v) is 26.2. The Bertz CT molecular complexity index is 2770. The third-order valence-electron chi connectivity index (χ3n) is 11.9. The Hall–Kier alpha value is -1.83. The number of benzene rings is 2. The van der Waals surface area contributed by atoms with Gasteiger partial charge >= 0.3 is 5.97 Å². The van der Waals surface area contributed by atoms with Gasteiger partial charge in [0.25, 0.3) is 40.5 Å². The van der Waals surface area contributed by atoms with Gasteiger partial charge in [-0.2, -0.15) is 38.2 Å². The molecule has 0 radical (unpaired) electrons. The van der Waals surface area contributed by atoms with E-state index in [4.69, 9.17) is 0 Å². The molecule has 2 aromatic carbocycles. The van der Waals surface area contributed by atoms with Crippen LogP contribution in [0.4, 0.5) is 11.4 Å². The van der Waals surface area contributed by atoms with E-state index in [2.05, 4.69) is 85.3 Å². The number of fused-ring (bicyclic) bond motifs is 2. The minimum atomic E-state index is -4.76. The second kappa shape index (κ2) is 23.4. The molecule has 2 aromatic rings. The Balaban J connectivity index is 1.82. The van der Waals surface area contributed by atoms with Gasteiger partial charge in [0, 0.05) is 52.5 Å². The highest BCUT2D eigenvalue weighted by Crippen LogP contribution is 2.53. The molecule has 3 unspecified atom stereocenters. The molecule has 2 heterocycles. The van der Waals surface area contributed by atoms with Crippen LogP contribution in [0.25, 0.3) is 0 Å². The van der Waals surface area contributed by atoms with Gasteiger partial charge in [-0.1, -0.05) is 69.4 Å². The zero-order chi connectivity index (χ0) is 49.5. The van der Waals surface area contributed by atoms with Crippen LogP contribution in [0.3, 0.4) is 0 Å². The van der Waals surface area contributed by atoms with Crippen LogP contribution in [-0.2, 0) is 56.1 Å². The van der Waals surface area contributed by atoms with E-state index in [1.807, 2.05) is 19.1 Å². The second-order valence-electron chi connectivity index (χ2n) is 16.7. The predicted molar refractivity (Wildman–Crippen MR) is 280 cm³/mol. The van der Waals surface area contributed by atoms with Crippen molar-refractivity contribution < 1.29 is 66.4 Å². The highest BCUT2D eigenvalue weighted by Gasteiger charge is 2.50. The Labute approximate surface area is 429 Å². The van der Waals surface area contributed by atoms with Crippen molar-refractivity contribution >= 4 is 131 Å². The number of aliphatic carboxylic acids is 1. The molecular formula is C43H56I3N2O14S4+. The van der Waals surface area contributed by atoms with Crippen molar-refractivity contribution in [2.24, 2.45) is 0 Å². The van der Waals surface area contributed by atoms with Crippen LogP contribution in [0.15, 0.2) is 77.4 Å². The molecule has 66 heavy (non-hydrogen) atoms. The molecule has 2 aliphatic rings. The van der Waals surface area contributed by atoms with E-state index in [9.17, 15) is 61.8 Å². The Kier molecular flexibility index (Phi) is 20.1. The molecule has 0 bridgehead atoms. The lowest BCUT2D eigenvalue weighted by molar-refractivity contribution is -0.437. The van der Waals surface area contributed by atoms with Crippen LogP contribution >= 0.6 is 67.8 Å². The number of unbranched alkanes of at least 4 members (excludes halogenated alkanes) is 4. The lowest BCUT2D eigenvalue weighted by Crippen LogP contribution is -2.41. The van der Waals surface area contributed by atoms with E-state index in [0.717, 1.165) is 40.2 Å². The number of carboxylic acids is 1. The van der Waals surface area contributed by atoms with Crippen molar-refractivity contribution in [3.05, 3.63) is 94.3 Å². The number of anilines is 1. The van der Waals surface area contributed by atoms with Gasteiger partial charge in [-0.15, -0.1) is 0 Å². The van der Waals surface area contributed by atoms with Crippen LogP contribution in [-0.4, -0.2) is 96.7 Å². The molecule has 0 fully saturated rings. The maximum atomic E-state index is 13.1. The van der Waals surface area contributed by atoms with Crippen molar-refractivity contribution in [2.75, 3.05) is 23.0 Å². The predicted octanol–water partition coefficient (Wildman–Crippen LogP) is 9.21. The summed E-state index contributed by atoms with van der Waals surface area (Å²) in [5.74, 6) is -1.83. The fourth-order valence-corrected chi connectivity index (χ4v) is 13.9. The van der Waals surface area contributed by atoms with Crippen LogP contribution in [0.1, 0.15) is 109 Å². The molecule has 0 spiro atoms. The van der Waals surface area contributed by atoms with Crippen LogP contribution in [0.5, 0.6) is 0 Å². The third-order valence-corrected chi connectivity index (χ3v) is 20.6. The van der Waals surface area contributed by atoms with E-state index in [1.165, 1.54) is 17.0 Å². The first-order chi connectivity index (χ1) is 30.6. The van der Waals surface area contributed by atoms with Gasteiger partial charge in [-0.25, -0.2) is 0 Å². The van der Waals surface area contributed by atoms with Crippen molar-refractivity contribution in [3.8, 4) is 0 Å². The van der Waals surface area contributed by atoms with Gasteiger partial charge in [0.05, 0.1) is 27.4 Å². The quantitative estimate of drug-likeness (QED) is 0.0155. The van der Waals surface area contributed by atoms with E-state index in [0.29, 0.717) is 43.4 Å². The van der Waals surface area contributed by atoms with Crippen molar-refractivity contribution in [2.45, 2.75) is 119 Å². The first-order valence-electron chi connectivity index (χ1n) is 21.1. The number of nitrogens with zero attached hydrogens (tertiary/aromatic N) is 2. The molecule has 0 aliphatic carbocycles. The van der Waals surface area contributed by atoms with Crippen molar-refractivity contribution in [3.63, 3.8) is 0 Å². The standard InChI is InChI=1S/C43H55I3N2O14S4/c1-4-5-19-37(66(60,61)62)48-33-22-21-30(65(57,58)59)28-31(33)42(2,23-14-15-26-63(51,52)53)36(48)18-11-8-6-7-10-17-35-43(3,24-13-9-12-20-38(49)50)39-34(29-32(44)40(45)41(39)46)47(35)25-16-27-64(54,55)56/h6-8,10-11,17-18,21-22,28-29,37H,4-5,9,12-16,19-20,23-27H2,1-3H3,(H4-,49,50,51,52,53,54,55,56,57,58,59,60,61,62)/p+1. The summed E-state index contributed by atoms with van der Waals surface area (Å²) in [6.45, 7) is 6.00. The Morgan fingerprint density at radius 1 is 0.758 bits per heavy atom. The molecule has 0 saturated carbocycles. The summed E-state index contributed by atoms with van der Waals surface area (Å²) < 4.78 is 142. The normalized spacial score (nSPS) is 20.4. The molecule has 5 N–H and O–H groups in total. The molecule has 2 aliphatic heterocycles. The van der Waals surface area contributed by atoms with Gasteiger partial charge < -0.3 is 10.0 Å². The topological polar surface area (TPSA) is 261 Å². The summed E-state index contributed by atoms with van der Waals surface area (Å²) in [5.41, 5.74) is 2.08. The smallest absolute Gasteiger partial charge is 0.303 e. The number of halogens is 3. The summed E-state index contributed by atoms with van der Waals surface area (Å²) in [4.78, 5) is 12.2. The van der Waals surface area contributed by atoms with E-state index in [-0.39, 0.29) is 50.8 Å². The number of carbonyl (C=O) groups is 1.